The molecule has 11 heavy (non-hydrogen) atoms. The molecule has 0 spiro atoms. The van der Waals surface area contributed by atoms with Crippen molar-refractivity contribution in [1.29, 1.82) is 5.26 Å². The highest BCUT2D eigenvalue weighted by Gasteiger charge is 2.23. The molecular weight excluding hydrogens is 146 g/mol. The summed E-state index contributed by atoms with van der Waals surface area (Å²) in [7, 11) is 0. The fourth-order valence-electron chi connectivity index (χ4n) is 0.925. The highest BCUT2D eigenvalue weighted by molar-refractivity contribution is 5.55. The predicted octanol–water partition coefficient (Wildman–Crippen LogP) is -0.0544. The van der Waals surface area contributed by atoms with Crippen LogP contribution >= 0.6 is 0 Å². The molecule has 1 aliphatic heterocycles. The highest BCUT2D eigenvalue weighted by atomic mass is 16.7. The Morgan fingerprint density at radius 2 is 2.18 bits per heavy atom. The van der Waals surface area contributed by atoms with Gasteiger partial charge in [0.05, 0.1) is 31.1 Å². The fourth-order valence-corrected chi connectivity index (χ4v) is 0.925. The van der Waals surface area contributed by atoms with E-state index in [0.29, 0.717) is 13.2 Å². The molecule has 60 valence electrons. The van der Waals surface area contributed by atoms with Gasteiger partial charge in [0.2, 0.25) is 0 Å². The smallest absolute Gasteiger partial charge is 0.146 e. The van der Waals surface area contributed by atoms with Gasteiger partial charge in [-0.05, 0) is 0 Å². The SMILES string of the molecule is N#CC1COCOCC1C=O. The number of hydrogen-bond acceptors (Lipinski definition) is 4. The molecule has 0 aromatic carbocycles. The maximum atomic E-state index is 10.4. The van der Waals surface area contributed by atoms with Crippen LogP contribution < -0.4 is 0 Å². The first-order valence-corrected chi connectivity index (χ1v) is 3.39. The third-order valence-corrected chi connectivity index (χ3v) is 1.63. The molecule has 2 unspecified atom stereocenters. The Bertz CT molecular complexity index is 175. The van der Waals surface area contributed by atoms with E-state index in [1.807, 2.05) is 6.07 Å². The average Bonchev–Trinajstić information content (AvgIpc) is 2.27. The second-order valence-electron chi connectivity index (χ2n) is 2.39. The minimum Gasteiger partial charge on any atom is -0.355 e. The van der Waals surface area contributed by atoms with Crippen LogP contribution in [0.5, 0.6) is 0 Å². The maximum absolute atomic E-state index is 10.4. The van der Waals surface area contributed by atoms with Crippen molar-refractivity contribution in [1.82, 2.24) is 0 Å². The van der Waals surface area contributed by atoms with E-state index in [9.17, 15) is 4.79 Å². The first-order chi connectivity index (χ1) is 5.38. The minimum absolute atomic E-state index is 0.183. The lowest BCUT2D eigenvalue weighted by molar-refractivity contribution is -0.113. The van der Waals surface area contributed by atoms with E-state index >= 15 is 0 Å². The molecule has 0 N–H and O–H groups in total. The molecule has 0 aromatic heterocycles. The molecule has 1 rings (SSSR count). The van der Waals surface area contributed by atoms with E-state index in [-0.39, 0.29) is 18.6 Å². The lowest BCUT2D eigenvalue weighted by Gasteiger charge is -2.08. The number of nitriles is 1. The summed E-state index contributed by atoms with van der Waals surface area (Å²) >= 11 is 0. The number of carbonyl (C=O) groups excluding carboxylic acids is 1. The Morgan fingerprint density at radius 3 is 2.82 bits per heavy atom. The van der Waals surface area contributed by atoms with Crippen molar-refractivity contribution >= 4 is 6.29 Å². The Labute approximate surface area is 64.7 Å². The summed E-state index contributed by atoms with van der Waals surface area (Å²) in [5, 5.41) is 8.57. The summed E-state index contributed by atoms with van der Waals surface area (Å²) in [6.45, 7) is 0.768. The molecule has 0 aromatic rings. The second-order valence-corrected chi connectivity index (χ2v) is 2.39. The Hall–Kier alpha value is -0.920. The lowest BCUT2D eigenvalue weighted by Crippen LogP contribution is -2.20. The van der Waals surface area contributed by atoms with Gasteiger partial charge >= 0.3 is 0 Å². The van der Waals surface area contributed by atoms with E-state index in [2.05, 4.69) is 0 Å². The van der Waals surface area contributed by atoms with Crippen LogP contribution in [0.2, 0.25) is 0 Å². The molecule has 2 atom stereocenters. The first kappa shape index (κ1) is 8.18. The van der Waals surface area contributed by atoms with Crippen LogP contribution in [-0.4, -0.2) is 26.3 Å². The van der Waals surface area contributed by atoms with Gasteiger partial charge in [-0.3, -0.25) is 0 Å². The zero-order chi connectivity index (χ0) is 8.10. The highest BCUT2D eigenvalue weighted by Crippen LogP contribution is 2.13. The van der Waals surface area contributed by atoms with Gasteiger partial charge in [-0.25, -0.2) is 0 Å². The predicted molar refractivity (Wildman–Crippen MR) is 35.4 cm³/mol. The molecule has 4 nitrogen and oxygen atoms in total. The van der Waals surface area contributed by atoms with Gasteiger partial charge in [-0.2, -0.15) is 5.26 Å². The standard InChI is InChI=1S/C7H9NO3/c8-1-6-3-10-5-11-4-7(6)2-9/h2,6-7H,3-5H2. The van der Waals surface area contributed by atoms with Crippen LogP contribution in [0.15, 0.2) is 0 Å². The Morgan fingerprint density at radius 1 is 1.45 bits per heavy atom. The number of aldehydes is 1. The van der Waals surface area contributed by atoms with Crippen LogP contribution in [-0.2, 0) is 14.3 Å². The molecule has 0 aliphatic carbocycles. The van der Waals surface area contributed by atoms with Crippen LogP contribution in [0.1, 0.15) is 0 Å². The maximum Gasteiger partial charge on any atom is 0.146 e. The number of rotatable bonds is 1. The van der Waals surface area contributed by atoms with Gasteiger partial charge < -0.3 is 14.3 Å². The molecule has 0 amide bonds. The monoisotopic (exact) mass is 155 g/mol. The van der Waals surface area contributed by atoms with Gasteiger partial charge in [0.25, 0.3) is 0 Å². The van der Waals surface area contributed by atoms with Crippen molar-refractivity contribution in [3.8, 4) is 6.07 Å². The quantitative estimate of drug-likeness (QED) is 0.498. The van der Waals surface area contributed by atoms with E-state index in [1.54, 1.807) is 0 Å². The first-order valence-electron chi connectivity index (χ1n) is 3.39. The summed E-state index contributed by atoms with van der Waals surface area (Å²) in [5.74, 6) is -0.683. The number of ether oxygens (including phenoxy) is 2. The van der Waals surface area contributed by atoms with Gasteiger partial charge in [0, 0.05) is 0 Å². The van der Waals surface area contributed by atoms with Crippen molar-refractivity contribution in [3.63, 3.8) is 0 Å². The van der Waals surface area contributed by atoms with E-state index in [1.165, 1.54) is 0 Å². The van der Waals surface area contributed by atoms with Crippen LogP contribution in [0.3, 0.4) is 0 Å². The van der Waals surface area contributed by atoms with E-state index < -0.39 is 0 Å². The van der Waals surface area contributed by atoms with Crippen molar-refractivity contribution in [2.75, 3.05) is 20.0 Å². The van der Waals surface area contributed by atoms with Gasteiger partial charge in [0.1, 0.15) is 13.1 Å². The largest absolute Gasteiger partial charge is 0.355 e. The summed E-state index contributed by atoms with van der Waals surface area (Å²) in [5.41, 5.74) is 0. The number of carbonyl (C=O) groups is 1. The molecule has 4 heteroatoms. The van der Waals surface area contributed by atoms with Crippen molar-refractivity contribution in [2.45, 2.75) is 0 Å². The normalized spacial score (nSPS) is 31.9. The molecule has 1 fully saturated rings. The molecular formula is C7H9NO3. The van der Waals surface area contributed by atoms with Gasteiger partial charge in [-0.15, -0.1) is 0 Å². The number of nitrogens with zero attached hydrogens (tertiary/aromatic N) is 1. The van der Waals surface area contributed by atoms with E-state index in [0.717, 1.165) is 6.29 Å². The molecule has 1 aliphatic rings. The zero-order valence-corrected chi connectivity index (χ0v) is 6.03. The Balaban J connectivity index is 2.56. The van der Waals surface area contributed by atoms with Crippen molar-refractivity contribution < 1.29 is 14.3 Å². The van der Waals surface area contributed by atoms with Crippen molar-refractivity contribution in [2.24, 2.45) is 11.8 Å². The molecule has 0 bridgehead atoms. The fraction of sp³-hybridized carbons (Fsp3) is 0.714. The van der Waals surface area contributed by atoms with Gasteiger partial charge in [0.15, 0.2) is 0 Å². The zero-order valence-electron chi connectivity index (χ0n) is 6.03. The van der Waals surface area contributed by atoms with Crippen LogP contribution in [0.4, 0.5) is 0 Å². The Kier molecular flexibility index (Phi) is 3.02. The van der Waals surface area contributed by atoms with Crippen LogP contribution in [0.25, 0.3) is 0 Å². The molecule has 1 saturated heterocycles. The van der Waals surface area contributed by atoms with Gasteiger partial charge in [-0.1, -0.05) is 0 Å². The molecule has 0 radical (unpaired) electrons. The second kappa shape index (κ2) is 4.06. The van der Waals surface area contributed by atoms with E-state index in [4.69, 9.17) is 14.7 Å². The third-order valence-electron chi connectivity index (χ3n) is 1.63. The minimum atomic E-state index is -0.352. The molecule has 1 heterocycles. The molecule has 0 saturated carbocycles. The van der Waals surface area contributed by atoms with Crippen LogP contribution in [0, 0.1) is 23.2 Å². The number of hydrogen-bond donors (Lipinski definition) is 0. The third kappa shape index (κ3) is 2.00. The topological polar surface area (TPSA) is 59.3 Å². The summed E-state index contributed by atoms with van der Waals surface area (Å²) < 4.78 is 9.85. The summed E-state index contributed by atoms with van der Waals surface area (Å²) in [6.07, 6.45) is 0.753. The summed E-state index contributed by atoms with van der Waals surface area (Å²) in [4.78, 5) is 10.4. The lowest BCUT2D eigenvalue weighted by atomic mass is 9.97. The van der Waals surface area contributed by atoms with Crippen molar-refractivity contribution in [3.05, 3.63) is 0 Å². The average molecular weight is 155 g/mol. The summed E-state index contributed by atoms with van der Waals surface area (Å²) in [6, 6.07) is 2.01.